The van der Waals surface area contributed by atoms with E-state index in [1.807, 2.05) is 10.9 Å². The molecule has 1 N–H and O–H groups in total. The molecule has 0 radical (unpaired) electrons. The Hall–Kier alpha value is -0.830. The normalized spacial score (nSPS) is 11.1. The Labute approximate surface area is 80.1 Å². The van der Waals surface area contributed by atoms with E-state index in [-0.39, 0.29) is 0 Å². The Balaban J connectivity index is 2.28. The molecule has 0 aliphatic carbocycles. The van der Waals surface area contributed by atoms with Gasteiger partial charge in [-0.25, -0.2) is 0 Å². The van der Waals surface area contributed by atoms with Crippen LogP contribution in [0.3, 0.4) is 0 Å². The van der Waals surface area contributed by atoms with E-state index in [1.54, 1.807) is 0 Å². The Bertz CT molecular complexity index is 240. The highest BCUT2D eigenvalue weighted by Crippen LogP contribution is 1.97. The van der Waals surface area contributed by atoms with E-state index in [0.29, 0.717) is 5.92 Å². The maximum atomic E-state index is 4.21. The number of aryl methyl sites for hydroxylation is 1. The Kier molecular flexibility index (Phi) is 3.96. The van der Waals surface area contributed by atoms with E-state index >= 15 is 0 Å². The SMILES string of the molecule is CCn1cc(CNCC(C)C)cn1. The van der Waals surface area contributed by atoms with Gasteiger partial charge in [-0.05, 0) is 19.4 Å². The molecule has 0 aliphatic heterocycles. The zero-order chi connectivity index (χ0) is 9.68. The van der Waals surface area contributed by atoms with Gasteiger partial charge in [-0.15, -0.1) is 0 Å². The summed E-state index contributed by atoms with van der Waals surface area (Å²) in [6.07, 6.45) is 4.02. The van der Waals surface area contributed by atoms with E-state index in [4.69, 9.17) is 0 Å². The molecule has 13 heavy (non-hydrogen) atoms. The summed E-state index contributed by atoms with van der Waals surface area (Å²) in [4.78, 5) is 0. The van der Waals surface area contributed by atoms with Gasteiger partial charge >= 0.3 is 0 Å². The molecule has 0 bridgehead atoms. The van der Waals surface area contributed by atoms with Crippen LogP contribution in [-0.2, 0) is 13.1 Å². The molecule has 0 saturated heterocycles. The third-order valence-corrected chi connectivity index (χ3v) is 1.89. The third-order valence-electron chi connectivity index (χ3n) is 1.89. The van der Waals surface area contributed by atoms with Crippen LogP contribution in [0.5, 0.6) is 0 Å². The Morgan fingerprint density at radius 2 is 2.31 bits per heavy atom. The summed E-state index contributed by atoms with van der Waals surface area (Å²) in [5, 5.41) is 7.59. The fourth-order valence-electron chi connectivity index (χ4n) is 1.18. The molecule has 0 spiro atoms. The van der Waals surface area contributed by atoms with Crippen LogP contribution in [0.4, 0.5) is 0 Å². The zero-order valence-electron chi connectivity index (χ0n) is 8.75. The maximum Gasteiger partial charge on any atom is 0.0534 e. The van der Waals surface area contributed by atoms with Crippen molar-refractivity contribution >= 4 is 0 Å². The summed E-state index contributed by atoms with van der Waals surface area (Å²) in [5.41, 5.74) is 1.27. The first-order chi connectivity index (χ1) is 6.22. The number of hydrogen-bond acceptors (Lipinski definition) is 2. The molecule has 1 rings (SSSR count). The van der Waals surface area contributed by atoms with Crippen LogP contribution in [0.15, 0.2) is 12.4 Å². The lowest BCUT2D eigenvalue weighted by atomic mass is 10.2. The van der Waals surface area contributed by atoms with Crippen LogP contribution in [0, 0.1) is 5.92 Å². The number of rotatable bonds is 5. The average molecular weight is 181 g/mol. The Morgan fingerprint density at radius 1 is 1.54 bits per heavy atom. The lowest BCUT2D eigenvalue weighted by molar-refractivity contribution is 0.552. The van der Waals surface area contributed by atoms with Crippen molar-refractivity contribution in [2.45, 2.75) is 33.9 Å². The molecule has 0 amide bonds. The molecule has 0 aliphatic rings. The Morgan fingerprint density at radius 3 is 2.85 bits per heavy atom. The molecule has 0 fully saturated rings. The quantitative estimate of drug-likeness (QED) is 0.748. The summed E-state index contributed by atoms with van der Waals surface area (Å²) >= 11 is 0. The first-order valence-corrected chi connectivity index (χ1v) is 4.94. The molecule has 1 aromatic rings. The van der Waals surface area contributed by atoms with Crippen molar-refractivity contribution < 1.29 is 0 Å². The van der Waals surface area contributed by atoms with Gasteiger partial charge in [-0.2, -0.15) is 5.10 Å². The van der Waals surface area contributed by atoms with Gasteiger partial charge in [0, 0.05) is 24.8 Å². The van der Waals surface area contributed by atoms with E-state index in [2.05, 4.69) is 37.4 Å². The molecule has 74 valence electrons. The highest BCUT2D eigenvalue weighted by atomic mass is 15.3. The standard InChI is InChI=1S/C10H19N3/c1-4-13-8-10(7-12-13)6-11-5-9(2)3/h7-9,11H,4-6H2,1-3H3. The number of nitrogens with one attached hydrogen (secondary N) is 1. The van der Waals surface area contributed by atoms with E-state index < -0.39 is 0 Å². The van der Waals surface area contributed by atoms with Crippen LogP contribution < -0.4 is 5.32 Å². The predicted octanol–water partition coefficient (Wildman–Crippen LogP) is 1.65. The molecule has 0 aromatic carbocycles. The number of nitrogens with zero attached hydrogens (tertiary/aromatic N) is 2. The van der Waals surface area contributed by atoms with Gasteiger partial charge in [0.2, 0.25) is 0 Å². The van der Waals surface area contributed by atoms with Gasteiger partial charge in [0.1, 0.15) is 0 Å². The third kappa shape index (κ3) is 3.59. The highest BCUT2D eigenvalue weighted by Gasteiger charge is 1.97. The monoisotopic (exact) mass is 181 g/mol. The van der Waals surface area contributed by atoms with Crippen molar-refractivity contribution in [1.29, 1.82) is 0 Å². The number of aromatic nitrogens is 2. The van der Waals surface area contributed by atoms with Crippen LogP contribution >= 0.6 is 0 Å². The van der Waals surface area contributed by atoms with Crippen molar-refractivity contribution in [2.24, 2.45) is 5.92 Å². The summed E-state index contributed by atoms with van der Waals surface area (Å²) in [6, 6.07) is 0. The first-order valence-electron chi connectivity index (χ1n) is 4.94. The molecular weight excluding hydrogens is 162 g/mol. The molecular formula is C10H19N3. The lowest BCUT2D eigenvalue weighted by Gasteiger charge is -2.04. The second-order valence-electron chi connectivity index (χ2n) is 3.73. The number of hydrogen-bond donors (Lipinski definition) is 1. The summed E-state index contributed by atoms with van der Waals surface area (Å²) < 4.78 is 1.95. The first kappa shape index (κ1) is 10.3. The lowest BCUT2D eigenvalue weighted by Crippen LogP contribution is -2.18. The second kappa shape index (κ2) is 5.02. The van der Waals surface area contributed by atoms with Crippen LogP contribution in [0.1, 0.15) is 26.3 Å². The van der Waals surface area contributed by atoms with Crippen molar-refractivity contribution in [1.82, 2.24) is 15.1 Å². The molecule has 1 heterocycles. The second-order valence-corrected chi connectivity index (χ2v) is 3.73. The fraction of sp³-hybridized carbons (Fsp3) is 0.700. The van der Waals surface area contributed by atoms with Crippen molar-refractivity contribution in [3.63, 3.8) is 0 Å². The fourth-order valence-corrected chi connectivity index (χ4v) is 1.18. The minimum absolute atomic E-state index is 0.709. The minimum atomic E-state index is 0.709. The summed E-state index contributed by atoms with van der Waals surface area (Å²) in [7, 11) is 0. The molecule has 1 aromatic heterocycles. The topological polar surface area (TPSA) is 29.9 Å². The van der Waals surface area contributed by atoms with Crippen LogP contribution in [0.2, 0.25) is 0 Å². The molecule has 3 heteroatoms. The van der Waals surface area contributed by atoms with Gasteiger partial charge < -0.3 is 5.32 Å². The molecule has 3 nitrogen and oxygen atoms in total. The molecule has 0 saturated carbocycles. The summed E-state index contributed by atoms with van der Waals surface area (Å²) in [5.74, 6) is 0.709. The van der Waals surface area contributed by atoms with Gasteiger partial charge in [0.25, 0.3) is 0 Å². The average Bonchev–Trinajstić information content (AvgIpc) is 2.52. The van der Waals surface area contributed by atoms with Crippen molar-refractivity contribution in [3.05, 3.63) is 18.0 Å². The van der Waals surface area contributed by atoms with Crippen molar-refractivity contribution in [2.75, 3.05) is 6.54 Å². The van der Waals surface area contributed by atoms with Gasteiger partial charge in [0.15, 0.2) is 0 Å². The largest absolute Gasteiger partial charge is 0.312 e. The molecule has 0 atom stereocenters. The van der Waals surface area contributed by atoms with Gasteiger partial charge in [-0.3, -0.25) is 4.68 Å². The highest BCUT2D eigenvalue weighted by molar-refractivity contribution is 5.02. The zero-order valence-corrected chi connectivity index (χ0v) is 8.75. The van der Waals surface area contributed by atoms with Crippen LogP contribution in [0.25, 0.3) is 0 Å². The van der Waals surface area contributed by atoms with Gasteiger partial charge in [0.05, 0.1) is 6.20 Å². The van der Waals surface area contributed by atoms with Crippen molar-refractivity contribution in [3.8, 4) is 0 Å². The maximum absolute atomic E-state index is 4.21. The smallest absolute Gasteiger partial charge is 0.0534 e. The van der Waals surface area contributed by atoms with E-state index in [0.717, 1.165) is 19.6 Å². The summed E-state index contributed by atoms with van der Waals surface area (Å²) in [6.45, 7) is 9.46. The van der Waals surface area contributed by atoms with Crippen LogP contribution in [-0.4, -0.2) is 16.3 Å². The predicted molar refractivity (Wildman–Crippen MR) is 54.4 cm³/mol. The van der Waals surface area contributed by atoms with Gasteiger partial charge in [-0.1, -0.05) is 13.8 Å². The van der Waals surface area contributed by atoms with E-state index in [1.165, 1.54) is 5.56 Å². The minimum Gasteiger partial charge on any atom is -0.312 e. The van der Waals surface area contributed by atoms with E-state index in [9.17, 15) is 0 Å². The molecule has 0 unspecified atom stereocenters.